The molecule has 1 aromatic rings. The Morgan fingerprint density at radius 3 is 2.38 bits per heavy atom. The SMILES string of the molecule is CCN(CC)C(CC(=O)NC1CCC(CCN2CCN(c3cccc(F)c3)CC2)CC1)C(N)=O. The topological polar surface area (TPSA) is 81.9 Å². The standard InChI is InChI=1S/C26H42FN5O2/c1-3-31(4-2)24(26(28)34)19-25(33)29-22-10-8-20(9-11-22)12-13-30-14-16-32(17-15-30)23-7-5-6-21(27)18-23/h5-7,18,20,22,24H,3-4,8-17,19H2,1-2H3,(H2,28,34)(H,29,33). The molecular weight excluding hydrogens is 433 g/mol. The first-order valence-electron chi connectivity index (χ1n) is 12.9. The van der Waals surface area contributed by atoms with Crippen LogP contribution in [0.4, 0.5) is 10.1 Å². The summed E-state index contributed by atoms with van der Waals surface area (Å²) in [6.45, 7) is 10.3. The smallest absolute Gasteiger partial charge is 0.235 e. The van der Waals surface area contributed by atoms with Crippen LogP contribution in [-0.4, -0.2) is 79.5 Å². The summed E-state index contributed by atoms with van der Waals surface area (Å²) >= 11 is 0. The van der Waals surface area contributed by atoms with Gasteiger partial charge in [-0.05, 0) is 75.9 Å². The van der Waals surface area contributed by atoms with Crippen LogP contribution >= 0.6 is 0 Å². The number of hydrogen-bond acceptors (Lipinski definition) is 5. The van der Waals surface area contributed by atoms with Gasteiger partial charge in [-0.25, -0.2) is 4.39 Å². The fraction of sp³-hybridized carbons (Fsp3) is 0.692. The van der Waals surface area contributed by atoms with E-state index in [-0.39, 0.29) is 24.2 Å². The van der Waals surface area contributed by atoms with Gasteiger partial charge in [0, 0.05) is 37.9 Å². The minimum atomic E-state index is -0.535. The van der Waals surface area contributed by atoms with E-state index in [4.69, 9.17) is 5.73 Å². The van der Waals surface area contributed by atoms with E-state index in [2.05, 4.69) is 15.1 Å². The summed E-state index contributed by atoms with van der Waals surface area (Å²) in [6.07, 6.45) is 5.57. The third-order valence-corrected chi connectivity index (χ3v) is 7.57. The van der Waals surface area contributed by atoms with E-state index in [1.807, 2.05) is 24.8 Å². The summed E-state index contributed by atoms with van der Waals surface area (Å²) < 4.78 is 13.5. The lowest BCUT2D eigenvalue weighted by Gasteiger charge is -2.37. The van der Waals surface area contributed by atoms with Gasteiger partial charge in [0.05, 0.1) is 12.5 Å². The zero-order valence-corrected chi connectivity index (χ0v) is 20.8. The number of amides is 2. The van der Waals surface area contributed by atoms with E-state index in [1.165, 1.54) is 12.5 Å². The van der Waals surface area contributed by atoms with Gasteiger partial charge >= 0.3 is 0 Å². The van der Waals surface area contributed by atoms with Crippen LogP contribution in [0.5, 0.6) is 0 Å². The van der Waals surface area contributed by atoms with Gasteiger partial charge in [0.25, 0.3) is 0 Å². The zero-order valence-electron chi connectivity index (χ0n) is 20.8. The van der Waals surface area contributed by atoms with Gasteiger partial charge in [-0.15, -0.1) is 0 Å². The van der Waals surface area contributed by atoms with Crippen molar-refractivity contribution in [3.05, 3.63) is 30.1 Å². The van der Waals surface area contributed by atoms with E-state index in [1.54, 1.807) is 12.1 Å². The molecule has 8 heteroatoms. The lowest BCUT2D eigenvalue weighted by atomic mass is 9.84. The van der Waals surface area contributed by atoms with Crippen molar-refractivity contribution in [3.8, 4) is 0 Å². The van der Waals surface area contributed by atoms with Crippen molar-refractivity contribution in [3.63, 3.8) is 0 Å². The highest BCUT2D eigenvalue weighted by Gasteiger charge is 2.28. The lowest BCUT2D eigenvalue weighted by Crippen LogP contribution is -2.49. The van der Waals surface area contributed by atoms with Crippen molar-refractivity contribution >= 4 is 17.5 Å². The minimum Gasteiger partial charge on any atom is -0.369 e. The number of nitrogens with one attached hydrogen (secondary N) is 1. The Hall–Kier alpha value is -2.19. The van der Waals surface area contributed by atoms with Crippen molar-refractivity contribution in [2.24, 2.45) is 11.7 Å². The first kappa shape index (κ1) is 26.4. The van der Waals surface area contributed by atoms with E-state index in [0.717, 1.165) is 64.1 Å². The fourth-order valence-corrected chi connectivity index (χ4v) is 5.40. The molecule has 3 rings (SSSR count). The number of piperazine rings is 1. The van der Waals surface area contributed by atoms with Gasteiger partial charge in [-0.1, -0.05) is 19.9 Å². The van der Waals surface area contributed by atoms with Crippen LogP contribution in [-0.2, 0) is 9.59 Å². The second-order valence-electron chi connectivity index (χ2n) is 9.73. The average molecular weight is 476 g/mol. The van der Waals surface area contributed by atoms with Gasteiger partial charge in [-0.2, -0.15) is 0 Å². The van der Waals surface area contributed by atoms with Crippen LogP contribution in [0.15, 0.2) is 24.3 Å². The molecule has 1 aliphatic heterocycles. The summed E-state index contributed by atoms with van der Waals surface area (Å²) in [5, 5.41) is 3.14. The molecule has 2 fully saturated rings. The van der Waals surface area contributed by atoms with Gasteiger partial charge in [0.2, 0.25) is 11.8 Å². The summed E-state index contributed by atoms with van der Waals surface area (Å²) in [4.78, 5) is 31.1. The van der Waals surface area contributed by atoms with Crippen molar-refractivity contribution in [1.82, 2.24) is 15.1 Å². The number of rotatable bonds is 11. The second kappa shape index (κ2) is 13.0. The molecular formula is C26H42FN5O2. The van der Waals surface area contributed by atoms with Crippen molar-refractivity contribution in [2.45, 2.75) is 64.5 Å². The van der Waals surface area contributed by atoms with E-state index in [0.29, 0.717) is 19.0 Å². The molecule has 2 aliphatic rings. The van der Waals surface area contributed by atoms with Gasteiger partial charge in [0.1, 0.15) is 5.82 Å². The molecule has 1 saturated carbocycles. The van der Waals surface area contributed by atoms with Crippen LogP contribution in [0, 0.1) is 11.7 Å². The Morgan fingerprint density at radius 1 is 1.12 bits per heavy atom. The fourth-order valence-electron chi connectivity index (χ4n) is 5.40. The maximum atomic E-state index is 13.5. The molecule has 1 atom stereocenters. The molecule has 1 saturated heterocycles. The van der Waals surface area contributed by atoms with Crippen LogP contribution in [0.1, 0.15) is 52.4 Å². The van der Waals surface area contributed by atoms with Crippen LogP contribution in [0.3, 0.4) is 0 Å². The third-order valence-electron chi connectivity index (χ3n) is 7.57. The van der Waals surface area contributed by atoms with Crippen molar-refractivity contribution in [1.29, 1.82) is 0 Å². The predicted molar refractivity (Wildman–Crippen MR) is 134 cm³/mol. The molecule has 190 valence electrons. The predicted octanol–water partition coefficient (Wildman–Crippen LogP) is 2.60. The highest BCUT2D eigenvalue weighted by molar-refractivity contribution is 5.87. The lowest BCUT2D eigenvalue weighted by molar-refractivity contribution is -0.130. The number of carbonyl (C=O) groups is 2. The molecule has 1 heterocycles. The van der Waals surface area contributed by atoms with E-state index >= 15 is 0 Å². The average Bonchev–Trinajstić information content (AvgIpc) is 2.84. The Bertz CT molecular complexity index is 787. The van der Waals surface area contributed by atoms with E-state index in [9.17, 15) is 14.0 Å². The van der Waals surface area contributed by atoms with Crippen LogP contribution in [0.25, 0.3) is 0 Å². The second-order valence-corrected chi connectivity index (χ2v) is 9.73. The number of primary amides is 1. The van der Waals surface area contributed by atoms with Crippen LogP contribution < -0.4 is 16.0 Å². The Balaban J connectivity index is 1.33. The number of halogens is 1. The number of anilines is 1. The molecule has 3 N–H and O–H groups in total. The minimum absolute atomic E-state index is 0.0738. The number of nitrogens with zero attached hydrogens (tertiary/aromatic N) is 3. The molecule has 0 bridgehead atoms. The molecule has 34 heavy (non-hydrogen) atoms. The maximum absolute atomic E-state index is 13.5. The molecule has 7 nitrogen and oxygen atoms in total. The zero-order chi connectivity index (χ0) is 24.5. The maximum Gasteiger partial charge on any atom is 0.235 e. The first-order valence-corrected chi connectivity index (χ1v) is 12.9. The molecule has 1 aromatic carbocycles. The highest BCUT2D eigenvalue weighted by Crippen LogP contribution is 2.27. The molecule has 0 spiro atoms. The van der Waals surface area contributed by atoms with Crippen molar-refractivity contribution < 1.29 is 14.0 Å². The van der Waals surface area contributed by atoms with Crippen molar-refractivity contribution in [2.75, 3.05) is 50.7 Å². The number of benzene rings is 1. The molecule has 2 amide bonds. The molecule has 0 aromatic heterocycles. The molecule has 0 radical (unpaired) electrons. The van der Waals surface area contributed by atoms with Crippen LogP contribution in [0.2, 0.25) is 0 Å². The Kier molecular flexibility index (Phi) is 10.1. The molecule has 1 unspecified atom stereocenters. The normalized spacial score (nSPS) is 22.5. The number of nitrogens with two attached hydrogens (primary N) is 1. The largest absolute Gasteiger partial charge is 0.369 e. The first-order chi connectivity index (χ1) is 16.4. The van der Waals surface area contributed by atoms with Gasteiger partial charge < -0.3 is 16.0 Å². The summed E-state index contributed by atoms with van der Waals surface area (Å²) in [5.41, 5.74) is 6.52. The van der Waals surface area contributed by atoms with Gasteiger partial charge in [0.15, 0.2) is 0 Å². The Morgan fingerprint density at radius 2 is 1.79 bits per heavy atom. The van der Waals surface area contributed by atoms with E-state index < -0.39 is 11.9 Å². The Labute approximate surface area is 203 Å². The molecule has 1 aliphatic carbocycles. The summed E-state index contributed by atoms with van der Waals surface area (Å²) in [7, 11) is 0. The summed E-state index contributed by atoms with van der Waals surface area (Å²) in [5.74, 6) is 0.0152. The highest BCUT2D eigenvalue weighted by atomic mass is 19.1. The number of carbonyl (C=O) groups excluding carboxylic acids is 2. The number of hydrogen-bond donors (Lipinski definition) is 2. The van der Waals surface area contributed by atoms with Gasteiger partial charge in [-0.3, -0.25) is 19.4 Å². The monoisotopic (exact) mass is 475 g/mol. The summed E-state index contributed by atoms with van der Waals surface area (Å²) in [6, 6.07) is 6.52. The third kappa shape index (κ3) is 7.67. The number of likely N-dealkylation sites (N-methyl/N-ethyl adjacent to an activating group) is 1. The quantitative estimate of drug-likeness (QED) is 0.514.